The molecule has 0 aliphatic rings. The molecule has 0 aliphatic heterocycles. The largest absolute Gasteiger partial charge is 0.481 e. The third-order valence-corrected chi connectivity index (χ3v) is 2.19. The van der Waals surface area contributed by atoms with Crippen molar-refractivity contribution in [3.63, 3.8) is 0 Å². The number of pyridine rings is 1. The number of rotatable bonds is 2. The molecule has 2 heterocycles. The number of furan rings is 1. The zero-order chi connectivity index (χ0) is 10.1. The minimum absolute atomic E-state index is 0.545. The Balaban J connectivity index is 2.61. The van der Waals surface area contributed by atoms with Crippen LogP contribution in [0.2, 0.25) is 0 Å². The van der Waals surface area contributed by atoms with Crippen molar-refractivity contribution >= 4 is 16.9 Å². The second kappa shape index (κ2) is 3.14. The van der Waals surface area contributed by atoms with Crippen LogP contribution in [0.4, 0.5) is 0 Å². The van der Waals surface area contributed by atoms with E-state index in [0.717, 1.165) is 5.39 Å². The fourth-order valence-corrected chi connectivity index (χ4v) is 1.38. The molecule has 0 amide bonds. The number of carboxylic acids is 1. The molecule has 1 atom stereocenters. The Morgan fingerprint density at radius 1 is 1.57 bits per heavy atom. The smallest absolute Gasteiger partial charge is 0.312 e. The Hall–Kier alpha value is -1.84. The summed E-state index contributed by atoms with van der Waals surface area (Å²) in [5.74, 6) is -1.50. The first kappa shape index (κ1) is 8.74. The maximum absolute atomic E-state index is 10.8. The molecule has 0 saturated heterocycles. The van der Waals surface area contributed by atoms with Crippen LogP contribution < -0.4 is 0 Å². The minimum Gasteiger partial charge on any atom is -0.481 e. The topological polar surface area (TPSA) is 63.3 Å². The molecule has 1 unspecified atom stereocenters. The predicted molar refractivity (Wildman–Crippen MR) is 50.1 cm³/mol. The third kappa shape index (κ3) is 1.25. The number of carboxylic acid groups (broad SMARTS) is 1. The van der Waals surface area contributed by atoms with Crippen LogP contribution in [-0.4, -0.2) is 16.1 Å². The van der Waals surface area contributed by atoms with Crippen LogP contribution in [0.25, 0.3) is 11.0 Å². The van der Waals surface area contributed by atoms with Gasteiger partial charge < -0.3 is 9.52 Å². The van der Waals surface area contributed by atoms with Gasteiger partial charge in [0.2, 0.25) is 0 Å². The highest BCUT2D eigenvalue weighted by Crippen LogP contribution is 2.24. The van der Waals surface area contributed by atoms with Gasteiger partial charge in [-0.1, -0.05) is 0 Å². The lowest BCUT2D eigenvalue weighted by Gasteiger charge is -2.05. The van der Waals surface area contributed by atoms with Gasteiger partial charge in [-0.25, -0.2) is 0 Å². The molecule has 2 aromatic rings. The molecule has 2 rings (SSSR count). The van der Waals surface area contributed by atoms with E-state index in [2.05, 4.69) is 4.98 Å². The Kier molecular flexibility index (Phi) is 1.96. The van der Waals surface area contributed by atoms with Crippen molar-refractivity contribution in [1.82, 2.24) is 4.98 Å². The number of nitrogens with zero attached hydrogens (tertiary/aromatic N) is 1. The summed E-state index contributed by atoms with van der Waals surface area (Å²) in [6, 6.07) is 3.45. The predicted octanol–water partition coefficient (Wildman–Crippen LogP) is 2.02. The Morgan fingerprint density at radius 2 is 2.36 bits per heavy atom. The number of aromatic nitrogens is 1. The van der Waals surface area contributed by atoms with Gasteiger partial charge in [-0.05, 0) is 19.1 Å². The van der Waals surface area contributed by atoms with Gasteiger partial charge in [0.25, 0.3) is 0 Å². The van der Waals surface area contributed by atoms with Crippen molar-refractivity contribution in [2.75, 3.05) is 0 Å². The molecule has 4 nitrogen and oxygen atoms in total. The second-order valence-electron chi connectivity index (χ2n) is 3.09. The normalized spacial score (nSPS) is 12.9. The van der Waals surface area contributed by atoms with E-state index in [1.807, 2.05) is 0 Å². The summed E-state index contributed by atoms with van der Waals surface area (Å²) in [7, 11) is 0. The Labute approximate surface area is 80.2 Å². The molecule has 0 spiro atoms. The number of fused-ring (bicyclic) bond motifs is 1. The van der Waals surface area contributed by atoms with Crippen LogP contribution in [0.5, 0.6) is 0 Å². The third-order valence-electron chi connectivity index (χ3n) is 2.19. The molecule has 4 heteroatoms. The lowest BCUT2D eigenvalue weighted by molar-refractivity contribution is -0.138. The van der Waals surface area contributed by atoms with E-state index in [4.69, 9.17) is 9.52 Å². The first-order chi connectivity index (χ1) is 6.70. The zero-order valence-electron chi connectivity index (χ0n) is 7.60. The molecule has 14 heavy (non-hydrogen) atoms. The standard InChI is InChI=1S/C10H9NO3/c1-6(10(12)13)9-7-3-5-14-8(7)2-4-11-9/h2-6H,1H3,(H,12,13). The van der Waals surface area contributed by atoms with Gasteiger partial charge >= 0.3 is 5.97 Å². The van der Waals surface area contributed by atoms with Crippen molar-refractivity contribution in [1.29, 1.82) is 0 Å². The molecule has 1 N–H and O–H groups in total. The van der Waals surface area contributed by atoms with Crippen LogP contribution >= 0.6 is 0 Å². The number of hydrogen-bond donors (Lipinski definition) is 1. The number of carbonyl (C=O) groups is 1. The van der Waals surface area contributed by atoms with Gasteiger partial charge in [-0.3, -0.25) is 9.78 Å². The number of aliphatic carboxylic acids is 1. The van der Waals surface area contributed by atoms with Gasteiger partial charge in [0.05, 0.1) is 17.9 Å². The SMILES string of the molecule is CC(C(=O)O)c1nccc2occc12. The van der Waals surface area contributed by atoms with Crippen molar-refractivity contribution in [2.45, 2.75) is 12.8 Å². The van der Waals surface area contributed by atoms with E-state index in [1.54, 1.807) is 25.3 Å². The fraction of sp³-hybridized carbons (Fsp3) is 0.200. The van der Waals surface area contributed by atoms with Crippen LogP contribution in [-0.2, 0) is 4.79 Å². The molecule has 72 valence electrons. The highest BCUT2D eigenvalue weighted by Gasteiger charge is 2.18. The summed E-state index contributed by atoms with van der Waals surface area (Å²) in [5, 5.41) is 9.63. The van der Waals surface area contributed by atoms with E-state index in [1.165, 1.54) is 6.26 Å². The van der Waals surface area contributed by atoms with Crippen LogP contribution in [0.3, 0.4) is 0 Å². The molecular formula is C10H9NO3. The van der Waals surface area contributed by atoms with Crippen molar-refractivity contribution in [3.05, 3.63) is 30.3 Å². The number of hydrogen-bond acceptors (Lipinski definition) is 3. The fourth-order valence-electron chi connectivity index (χ4n) is 1.38. The molecule has 0 aliphatic carbocycles. The van der Waals surface area contributed by atoms with Gasteiger partial charge in [-0.2, -0.15) is 0 Å². The summed E-state index contributed by atoms with van der Waals surface area (Å²) in [6.07, 6.45) is 3.09. The summed E-state index contributed by atoms with van der Waals surface area (Å²) in [5.41, 5.74) is 1.21. The molecular weight excluding hydrogens is 182 g/mol. The highest BCUT2D eigenvalue weighted by molar-refractivity contribution is 5.86. The Bertz CT molecular complexity index is 475. The maximum Gasteiger partial charge on any atom is 0.312 e. The lowest BCUT2D eigenvalue weighted by Crippen LogP contribution is -2.09. The molecule has 0 fully saturated rings. The summed E-state index contributed by atoms with van der Waals surface area (Å²) in [6.45, 7) is 1.61. The van der Waals surface area contributed by atoms with Gasteiger partial charge in [0, 0.05) is 11.6 Å². The lowest BCUT2D eigenvalue weighted by atomic mass is 10.0. The van der Waals surface area contributed by atoms with Crippen molar-refractivity contribution < 1.29 is 14.3 Å². The molecule has 0 aromatic carbocycles. The van der Waals surface area contributed by atoms with Gasteiger partial charge in [0.1, 0.15) is 5.58 Å². The summed E-state index contributed by atoms with van der Waals surface area (Å²) < 4.78 is 5.16. The monoisotopic (exact) mass is 191 g/mol. The van der Waals surface area contributed by atoms with Crippen LogP contribution in [0.1, 0.15) is 18.5 Å². The van der Waals surface area contributed by atoms with Gasteiger partial charge in [-0.15, -0.1) is 0 Å². The van der Waals surface area contributed by atoms with Crippen molar-refractivity contribution in [2.24, 2.45) is 0 Å². The maximum atomic E-state index is 10.8. The van der Waals surface area contributed by atoms with Crippen LogP contribution in [0, 0.1) is 0 Å². The molecule has 0 radical (unpaired) electrons. The van der Waals surface area contributed by atoms with E-state index in [0.29, 0.717) is 11.3 Å². The van der Waals surface area contributed by atoms with Gasteiger partial charge in [0.15, 0.2) is 0 Å². The highest BCUT2D eigenvalue weighted by atomic mass is 16.4. The summed E-state index contributed by atoms with van der Waals surface area (Å²) >= 11 is 0. The first-order valence-corrected chi connectivity index (χ1v) is 4.25. The average Bonchev–Trinajstić information content (AvgIpc) is 2.63. The minimum atomic E-state index is -0.883. The van der Waals surface area contributed by atoms with Crippen molar-refractivity contribution in [3.8, 4) is 0 Å². The van der Waals surface area contributed by atoms with E-state index < -0.39 is 11.9 Å². The molecule has 2 aromatic heterocycles. The quantitative estimate of drug-likeness (QED) is 0.788. The summed E-state index contributed by atoms with van der Waals surface area (Å²) in [4.78, 5) is 14.9. The van der Waals surface area contributed by atoms with Crippen LogP contribution in [0.15, 0.2) is 29.0 Å². The first-order valence-electron chi connectivity index (χ1n) is 4.25. The average molecular weight is 191 g/mol. The Morgan fingerprint density at radius 3 is 3.07 bits per heavy atom. The molecule has 0 saturated carbocycles. The van der Waals surface area contributed by atoms with E-state index >= 15 is 0 Å². The second-order valence-corrected chi connectivity index (χ2v) is 3.09. The van der Waals surface area contributed by atoms with E-state index in [9.17, 15) is 4.79 Å². The zero-order valence-corrected chi connectivity index (χ0v) is 7.60. The van der Waals surface area contributed by atoms with E-state index in [-0.39, 0.29) is 0 Å². The molecule has 0 bridgehead atoms.